The van der Waals surface area contributed by atoms with Crippen LogP contribution in [0.3, 0.4) is 0 Å². The number of hydrogen-bond acceptors (Lipinski definition) is 3. The molecule has 1 aromatic heterocycles. The summed E-state index contributed by atoms with van der Waals surface area (Å²) in [4.78, 5) is 0. The minimum Gasteiger partial charge on any atom is -0.388 e. The first-order valence-electron chi connectivity index (χ1n) is 5.50. The highest BCUT2D eigenvalue weighted by molar-refractivity contribution is 9.11. The molecule has 0 aliphatic carbocycles. The van der Waals surface area contributed by atoms with Crippen LogP contribution in [0.15, 0.2) is 39.5 Å². The Morgan fingerprint density at radius 2 is 2.11 bits per heavy atom. The zero-order valence-electron chi connectivity index (χ0n) is 9.51. The predicted octanol–water partition coefficient (Wildman–Crippen LogP) is 3.43. The van der Waals surface area contributed by atoms with Crippen molar-refractivity contribution in [2.45, 2.75) is 12.0 Å². The Balaban J connectivity index is 2.32. The molecule has 0 radical (unpaired) electrons. The predicted molar refractivity (Wildman–Crippen MR) is 75.2 cm³/mol. The second-order valence-corrected chi connectivity index (χ2v) is 6.28. The lowest BCUT2D eigenvalue weighted by molar-refractivity contribution is 0.146. The van der Waals surface area contributed by atoms with E-state index in [0.29, 0.717) is 5.56 Å². The lowest BCUT2D eigenvalue weighted by Gasteiger charge is -2.21. The summed E-state index contributed by atoms with van der Waals surface area (Å²) >= 11 is 4.83. The maximum atomic E-state index is 13.7. The van der Waals surface area contributed by atoms with Gasteiger partial charge in [0.15, 0.2) is 0 Å². The lowest BCUT2D eigenvalue weighted by Crippen LogP contribution is -2.20. The van der Waals surface area contributed by atoms with Crippen molar-refractivity contribution in [3.05, 3.63) is 56.4 Å². The number of nitrogens with two attached hydrogens (primary N) is 1. The van der Waals surface area contributed by atoms with E-state index in [1.165, 1.54) is 17.4 Å². The highest BCUT2D eigenvalue weighted by Crippen LogP contribution is 2.34. The molecule has 18 heavy (non-hydrogen) atoms. The number of thiophene rings is 1. The van der Waals surface area contributed by atoms with Crippen molar-refractivity contribution in [3.8, 4) is 0 Å². The quantitative estimate of drug-likeness (QED) is 0.902. The van der Waals surface area contributed by atoms with Gasteiger partial charge in [0.25, 0.3) is 0 Å². The Labute approximate surface area is 117 Å². The van der Waals surface area contributed by atoms with Crippen LogP contribution in [0.5, 0.6) is 0 Å². The molecule has 3 N–H and O–H groups in total. The minimum atomic E-state index is -0.797. The summed E-state index contributed by atoms with van der Waals surface area (Å²) in [5.74, 6) is -0.769. The molecule has 2 aromatic rings. The second-order valence-electron chi connectivity index (χ2n) is 3.99. The molecule has 96 valence electrons. The van der Waals surface area contributed by atoms with Crippen LogP contribution >= 0.6 is 27.3 Å². The third-order valence-corrected chi connectivity index (χ3v) is 4.39. The van der Waals surface area contributed by atoms with E-state index in [2.05, 4.69) is 15.9 Å². The van der Waals surface area contributed by atoms with Crippen LogP contribution in [0.2, 0.25) is 0 Å². The van der Waals surface area contributed by atoms with Gasteiger partial charge in [-0.05, 0) is 44.6 Å². The van der Waals surface area contributed by atoms with E-state index in [0.717, 1.165) is 9.35 Å². The normalized spacial score (nSPS) is 14.4. The third-order valence-electron chi connectivity index (χ3n) is 2.87. The molecule has 2 unspecified atom stereocenters. The summed E-state index contributed by atoms with van der Waals surface area (Å²) in [6.45, 7) is 0.190. The minimum absolute atomic E-state index is 0.190. The number of aliphatic hydroxyl groups excluding tert-OH is 1. The van der Waals surface area contributed by atoms with Crippen molar-refractivity contribution >= 4 is 27.3 Å². The molecule has 1 aromatic carbocycles. The molecular weight excluding hydrogens is 317 g/mol. The van der Waals surface area contributed by atoms with Crippen LogP contribution in [-0.4, -0.2) is 11.7 Å². The SMILES string of the molecule is NCC(c1ccccc1F)C(O)c1csc(Br)c1. The Morgan fingerprint density at radius 1 is 1.39 bits per heavy atom. The van der Waals surface area contributed by atoms with Crippen molar-refractivity contribution in [1.82, 2.24) is 0 Å². The van der Waals surface area contributed by atoms with Crippen LogP contribution < -0.4 is 5.73 Å². The number of rotatable bonds is 4. The van der Waals surface area contributed by atoms with Crippen molar-refractivity contribution in [2.24, 2.45) is 5.73 Å². The molecule has 0 saturated carbocycles. The van der Waals surface area contributed by atoms with Crippen molar-refractivity contribution in [3.63, 3.8) is 0 Å². The Kier molecular flexibility index (Phi) is 4.50. The number of benzene rings is 1. The molecule has 0 aliphatic rings. The van der Waals surface area contributed by atoms with E-state index in [9.17, 15) is 9.50 Å². The average Bonchev–Trinajstić information content (AvgIpc) is 2.79. The van der Waals surface area contributed by atoms with E-state index < -0.39 is 12.0 Å². The van der Waals surface area contributed by atoms with Gasteiger partial charge in [0.05, 0.1) is 9.89 Å². The largest absolute Gasteiger partial charge is 0.388 e. The van der Waals surface area contributed by atoms with Crippen LogP contribution in [0.4, 0.5) is 4.39 Å². The van der Waals surface area contributed by atoms with Gasteiger partial charge in [-0.3, -0.25) is 0 Å². The van der Waals surface area contributed by atoms with Crippen molar-refractivity contribution < 1.29 is 9.50 Å². The van der Waals surface area contributed by atoms with E-state index in [1.807, 2.05) is 11.4 Å². The van der Waals surface area contributed by atoms with Crippen molar-refractivity contribution in [1.29, 1.82) is 0 Å². The fraction of sp³-hybridized carbons (Fsp3) is 0.231. The van der Waals surface area contributed by atoms with Gasteiger partial charge >= 0.3 is 0 Å². The fourth-order valence-corrected chi connectivity index (χ4v) is 3.12. The molecule has 0 spiro atoms. The maximum Gasteiger partial charge on any atom is 0.126 e. The zero-order valence-corrected chi connectivity index (χ0v) is 11.9. The Bertz CT molecular complexity index is 531. The second kappa shape index (κ2) is 5.93. The van der Waals surface area contributed by atoms with E-state index in [-0.39, 0.29) is 12.4 Å². The summed E-state index contributed by atoms with van der Waals surface area (Å²) in [5.41, 5.74) is 6.89. The Morgan fingerprint density at radius 3 is 2.67 bits per heavy atom. The van der Waals surface area contributed by atoms with Gasteiger partial charge in [0.1, 0.15) is 5.82 Å². The molecule has 2 nitrogen and oxygen atoms in total. The molecule has 0 bridgehead atoms. The monoisotopic (exact) mass is 329 g/mol. The summed E-state index contributed by atoms with van der Waals surface area (Å²) in [5, 5.41) is 12.2. The van der Waals surface area contributed by atoms with Gasteiger partial charge in [0.2, 0.25) is 0 Å². The molecule has 0 amide bonds. The first-order valence-corrected chi connectivity index (χ1v) is 7.17. The smallest absolute Gasteiger partial charge is 0.126 e. The highest BCUT2D eigenvalue weighted by atomic mass is 79.9. The number of halogens is 2. The van der Waals surface area contributed by atoms with Crippen LogP contribution in [0.25, 0.3) is 0 Å². The fourth-order valence-electron chi connectivity index (χ4n) is 1.91. The Hall–Kier alpha value is -0.750. The standard InChI is InChI=1S/C13H13BrFNOS/c14-12-5-8(7-18-12)13(17)10(6-16)9-3-1-2-4-11(9)15/h1-5,7,10,13,17H,6,16H2. The number of hydrogen-bond donors (Lipinski definition) is 2. The molecule has 1 heterocycles. The average molecular weight is 330 g/mol. The van der Waals surface area contributed by atoms with E-state index >= 15 is 0 Å². The van der Waals surface area contributed by atoms with E-state index in [4.69, 9.17) is 5.73 Å². The van der Waals surface area contributed by atoms with Crippen molar-refractivity contribution in [2.75, 3.05) is 6.54 Å². The van der Waals surface area contributed by atoms with Gasteiger partial charge in [-0.25, -0.2) is 4.39 Å². The van der Waals surface area contributed by atoms with Crippen LogP contribution in [0.1, 0.15) is 23.1 Å². The van der Waals surface area contributed by atoms with Crippen LogP contribution in [0, 0.1) is 5.82 Å². The lowest BCUT2D eigenvalue weighted by atomic mass is 9.90. The molecule has 0 saturated heterocycles. The number of aliphatic hydroxyl groups is 1. The van der Waals surface area contributed by atoms with Gasteiger partial charge in [-0.2, -0.15) is 0 Å². The van der Waals surface area contributed by atoms with Gasteiger partial charge in [0, 0.05) is 12.5 Å². The summed E-state index contributed by atoms with van der Waals surface area (Å²) in [7, 11) is 0. The topological polar surface area (TPSA) is 46.2 Å². The molecule has 2 atom stereocenters. The first-order chi connectivity index (χ1) is 8.63. The van der Waals surface area contributed by atoms with Crippen LogP contribution in [-0.2, 0) is 0 Å². The first kappa shape index (κ1) is 13.7. The maximum absolute atomic E-state index is 13.7. The highest BCUT2D eigenvalue weighted by Gasteiger charge is 2.24. The molecule has 0 fully saturated rings. The molecule has 0 aliphatic heterocycles. The van der Waals surface area contributed by atoms with Gasteiger partial charge < -0.3 is 10.8 Å². The zero-order chi connectivity index (χ0) is 13.1. The summed E-state index contributed by atoms with van der Waals surface area (Å²) < 4.78 is 14.7. The van der Waals surface area contributed by atoms with Gasteiger partial charge in [-0.1, -0.05) is 18.2 Å². The van der Waals surface area contributed by atoms with E-state index in [1.54, 1.807) is 18.2 Å². The summed E-state index contributed by atoms with van der Waals surface area (Å²) in [6.07, 6.45) is -0.797. The molecule has 5 heteroatoms. The molecular formula is C13H13BrFNOS. The summed E-state index contributed by atoms with van der Waals surface area (Å²) in [6, 6.07) is 8.25. The molecule has 2 rings (SSSR count). The third kappa shape index (κ3) is 2.80. The van der Waals surface area contributed by atoms with Gasteiger partial charge in [-0.15, -0.1) is 11.3 Å².